The third kappa shape index (κ3) is 6.04. The smallest absolute Gasteiger partial charge is 0.262 e. The first kappa shape index (κ1) is 24.1. The Kier molecular flexibility index (Phi) is 7.60. The van der Waals surface area contributed by atoms with Crippen LogP contribution in [-0.2, 0) is 16.4 Å². The molecule has 2 N–H and O–H groups in total. The second kappa shape index (κ2) is 10.4. The Labute approximate surface area is 194 Å². The van der Waals surface area contributed by atoms with Gasteiger partial charge in [-0.3, -0.25) is 9.52 Å². The van der Waals surface area contributed by atoms with Gasteiger partial charge in [0, 0.05) is 17.8 Å². The summed E-state index contributed by atoms with van der Waals surface area (Å²) in [6.45, 7) is 4.00. The Bertz CT molecular complexity index is 1240. The van der Waals surface area contributed by atoms with E-state index in [1.807, 2.05) is 37.3 Å². The number of methoxy groups -OCH3 is 2. The molecule has 0 unspecified atom stereocenters. The second-order valence-electron chi connectivity index (χ2n) is 7.65. The number of hydrogen-bond acceptors (Lipinski definition) is 5. The lowest BCUT2D eigenvalue weighted by atomic mass is 10.1. The lowest BCUT2D eigenvalue weighted by Gasteiger charge is -2.13. The highest BCUT2D eigenvalue weighted by Crippen LogP contribution is 2.27. The van der Waals surface area contributed by atoms with E-state index in [1.54, 1.807) is 45.4 Å². The van der Waals surface area contributed by atoms with Gasteiger partial charge in [0.25, 0.3) is 15.9 Å². The highest BCUT2D eigenvalue weighted by atomic mass is 32.2. The fourth-order valence-corrected chi connectivity index (χ4v) is 4.65. The van der Waals surface area contributed by atoms with Crippen LogP contribution in [0.15, 0.2) is 65.6 Å². The molecule has 3 rings (SSSR count). The fraction of sp³-hybridized carbons (Fsp3) is 0.240. The van der Waals surface area contributed by atoms with Crippen LogP contribution < -0.4 is 19.5 Å². The third-order valence-corrected chi connectivity index (χ3v) is 6.71. The number of carbonyl (C=O) groups is 1. The van der Waals surface area contributed by atoms with Crippen LogP contribution in [0.1, 0.15) is 27.0 Å². The molecule has 0 saturated heterocycles. The van der Waals surface area contributed by atoms with Crippen molar-refractivity contribution >= 4 is 21.6 Å². The molecule has 0 aliphatic carbocycles. The first-order valence-electron chi connectivity index (χ1n) is 10.4. The van der Waals surface area contributed by atoms with Crippen LogP contribution >= 0.6 is 0 Å². The number of aryl methyl sites for hydroxylation is 2. The van der Waals surface area contributed by atoms with Crippen molar-refractivity contribution in [2.45, 2.75) is 25.2 Å². The average molecular weight is 469 g/mol. The molecule has 0 aromatic heterocycles. The molecule has 0 atom stereocenters. The van der Waals surface area contributed by atoms with Crippen molar-refractivity contribution in [2.24, 2.45) is 0 Å². The summed E-state index contributed by atoms with van der Waals surface area (Å²) in [6, 6.07) is 17.3. The SMILES string of the molecule is COc1ccc(CCNC(=O)c2ccc(C)c(S(=O)(=O)Nc3ccc(C)cc3)c2)cc1OC. The minimum Gasteiger partial charge on any atom is -0.493 e. The molecule has 0 radical (unpaired) electrons. The summed E-state index contributed by atoms with van der Waals surface area (Å²) in [5, 5.41) is 2.84. The summed E-state index contributed by atoms with van der Waals surface area (Å²) in [5.41, 5.74) is 3.29. The van der Waals surface area contributed by atoms with Gasteiger partial charge in [0.2, 0.25) is 0 Å². The summed E-state index contributed by atoms with van der Waals surface area (Å²) < 4.78 is 39.0. The quantitative estimate of drug-likeness (QED) is 0.493. The van der Waals surface area contributed by atoms with Gasteiger partial charge in [-0.25, -0.2) is 8.42 Å². The van der Waals surface area contributed by atoms with Gasteiger partial charge < -0.3 is 14.8 Å². The van der Waals surface area contributed by atoms with Gasteiger partial charge in [0.15, 0.2) is 11.5 Å². The molecule has 0 saturated carbocycles. The summed E-state index contributed by atoms with van der Waals surface area (Å²) in [5.74, 6) is 0.913. The zero-order chi connectivity index (χ0) is 24.0. The number of anilines is 1. The minimum absolute atomic E-state index is 0.0654. The Balaban J connectivity index is 1.69. The average Bonchev–Trinajstić information content (AvgIpc) is 2.80. The molecule has 0 aliphatic heterocycles. The summed E-state index contributed by atoms with van der Waals surface area (Å²) in [7, 11) is -0.703. The number of carbonyl (C=O) groups excluding carboxylic acids is 1. The van der Waals surface area contributed by atoms with Crippen LogP contribution in [0.25, 0.3) is 0 Å². The molecule has 3 aromatic rings. The van der Waals surface area contributed by atoms with Crippen LogP contribution in [0, 0.1) is 13.8 Å². The largest absolute Gasteiger partial charge is 0.493 e. The molecule has 0 fully saturated rings. The van der Waals surface area contributed by atoms with E-state index in [9.17, 15) is 13.2 Å². The normalized spacial score (nSPS) is 11.0. The predicted molar refractivity (Wildman–Crippen MR) is 129 cm³/mol. The van der Waals surface area contributed by atoms with Gasteiger partial charge in [0.1, 0.15) is 0 Å². The highest BCUT2D eigenvalue weighted by Gasteiger charge is 2.19. The van der Waals surface area contributed by atoms with Crippen molar-refractivity contribution in [1.29, 1.82) is 0 Å². The van der Waals surface area contributed by atoms with Gasteiger partial charge in [-0.1, -0.05) is 29.8 Å². The maximum atomic E-state index is 12.9. The zero-order valence-corrected chi connectivity index (χ0v) is 20.0. The zero-order valence-electron chi connectivity index (χ0n) is 19.1. The van der Waals surface area contributed by atoms with E-state index in [1.165, 1.54) is 6.07 Å². The van der Waals surface area contributed by atoms with Gasteiger partial charge in [-0.2, -0.15) is 0 Å². The van der Waals surface area contributed by atoms with Crippen LogP contribution in [0.3, 0.4) is 0 Å². The van der Waals surface area contributed by atoms with Crippen molar-refractivity contribution in [3.63, 3.8) is 0 Å². The number of nitrogens with one attached hydrogen (secondary N) is 2. The monoisotopic (exact) mass is 468 g/mol. The maximum Gasteiger partial charge on any atom is 0.262 e. The number of benzene rings is 3. The lowest BCUT2D eigenvalue weighted by molar-refractivity contribution is 0.0954. The number of amides is 1. The molecule has 0 heterocycles. The van der Waals surface area contributed by atoms with E-state index >= 15 is 0 Å². The lowest BCUT2D eigenvalue weighted by Crippen LogP contribution is -2.26. The summed E-state index contributed by atoms with van der Waals surface area (Å²) in [4.78, 5) is 12.7. The number of rotatable bonds is 9. The van der Waals surface area contributed by atoms with E-state index in [-0.39, 0.29) is 16.4 Å². The van der Waals surface area contributed by atoms with Crippen molar-refractivity contribution in [1.82, 2.24) is 5.32 Å². The Hall–Kier alpha value is -3.52. The number of ether oxygens (including phenoxy) is 2. The Morgan fingerprint density at radius 1 is 0.879 bits per heavy atom. The first-order valence-corrected chi connectivity index (χ1v) is 11.9. The Morgan fingerprint density at radius 2 is 1.58 bits per heavy atom. The van der Waals surface area contributed by atoms with E-state index in [0.717, 1.165) is 11.1 Å². The van der Waals surface area contributed by atoms with Crippen molar-refractivity contribution in [3.05, 3.63) is 82.9 Å². The second-order valence-corrected chi connectivity index (χ2v) is 9.30. The van der Waals surface area contributed by atoms with Crippen molar-refractivity contribution in [3.8, 4) is 11.5 Å². The van der Waals surface area contributed by atoms with E-state index in [4.69, 9.17) is 9.47 Å². The van der Waals surface area contributed by atoms with Crippen LogP contribution in [0.5, 0.6) is 11.5 Å². The maximum absolute atomic E-state index is 12.9. The molecule has 8 heteroatoms. The summed E-state index contributed by atoms with van der Waals surface area (Å²) in [6.07, 6.45) is 0.581. The number of sulfonamides is 1. The molecule has 0 aliphatic rings. The van der Waals surface area contributed by atoms with E-state index in [0.29, 0.717) is 35.7 Å². The molecular formula is C25H28N2O5S. The van der Waals surface area contributed by atoms with E-state index in [2.05, 4.69) is 10.0 Å². The molecule has 174 valence electrons. The molecule has 1 amide bonds. The molecule has 7 nitrogen and oxygen atoms in total. The Morgan fingerprint density at radius 3 is 2.24 bits per heavy atom. The fourth-order valence-electron chi connectivity index (χ4n) is 3.32. The highest BCUT2D eigenvalue weighted by molar-refractivity contribution is 7.92. The van der Waals surface area contributed by atoms with Gasteiger partial charge in [-0.15, -0.1) is 0 Å². The van der Waals surface area contributed by atoms with E-state index < -0.39 is 10.0 Å². The van der Waals surface area contributed by atoms with Gasteiger partial charge >= 0.3 is 0 Å². The minimum atomic E-state index is -3.85. The predicted octanol–water partition coefficient (Wildman–Crippen LogP) is 4.09. The van der Waals surface area contributed by atoms with Crippen LogP contribution in [0.2, 0.25) is 0 Å². The van der Waals surface area contributed by atoms with Gasteiger partial charge in [0.05, 0.1) is 19.1 Å². The number of hydrogen-bond donors (Lipinski definition) is 2. The van der Waals surface area contributed by atoms with Crippen molar-refractivity contribution < 1.29 is 22.7 Å². The standard InChI is InChI=1S/C25H28N2O5S/c1-17-5-10-21(11-6-17)27-33(29,30)24-16-20(9-7-18(24)2)25(28)26-14-13-19-8-12-22(31-3)23(15-19)32-4/h5-12,15-16,27H,13-14H2,1-4H3,(H,26,28). The van der Waals surface area contributed by atoms with Gasteiger partial charge in [-0.05, 0) is 67.8 Å². The molecule has 33 heavy (non-hydrogen) atoms. The molecule has 0 bridgehead atoms. The van der Waals surface area contributed by atoms with Crippen LogP contribution in [-0.4, -0.2) is 35.1 Å². The molecule has 3 aromatic carbocycles. The molecular weight excluding hydrogens is 440 g/mol. The van der Waals surface area contributed by atoms with Crippen LogP contribution in [0.4, 0.5) is 5.69 Å². The van der Waals surface area contributed by atoms with Crippen molar-refractivity contribution in [2.75, 3.05) is 25.5 Å². The third-order valence-electron chi connectivity index (χ3n) is 5.19. The topological polar surface area (TPSA) is 93.7 Å². The molecule has 0 spiro atoms. The summed E-state index contributed by atoms with van der Waals surface area (Å²) >= 11 is 0. The first-order chi connectivity index (χ1) is 15.7.